The quantitative estimate of drug-likeness (QED) is 0.776. The van der Waals surface area contributed by atoms with Crippen LogP contribution in [0.25, 0.3) is 0 Å². The van der Waals surface area contributed by atoms with Gasteiger partial charge in [-0.25, -0.2) is 0 Å². The van der Waals surface area contributed by atoms with Crippen LogP contribution in [-0.2, 0) is 6.54 Å². The number of hydrogen-bond acceptors (Lipinski definition) is 6. The second-order valence-corrected chi connectivity index (χ2v) is 4.15. The molecule has 0 unspecified atom stereocenters. The van der Waals surface area contributed by atoms with Crippen LogP contribution in [-0.4, -0.2) is 26.0 Å². The van der Waals surface area contributed by atoms with Gasteiger partial charge < -0.3 is 15.6 Å². The average Bonchev–Trinajstić information content (AvgIpc) is 2.82. The topological polar surface area (TPSA) is 107 Å². The Morgan fingerprint density at radius 1 is 1.53 bits per heavy atom. The zero-order valence-corrected chi connectivity index (χ0v) is 10.9. The van der Waals surface area contributed by atoms with Gasteiger partial charge in [0.15, 0.2) is 5.82 Å². The van der Waals surface area contributed by atoms with Crippen LogP contribution in [0.4, 0.5) is 0 Å². The number of nitrogens with one attached hydrogen (secondary N) is 1. The highest BCUT2D eigenvalue weighted by Gasteiger charge is 2.09. The second-order valence-electron chi connectivity index (χ2n) is 3.71. The van der Waals surface area contributed by atoms with Crippen molar-refractivity contribution in [2.45, 2.75) is 13.5 Å². The number of carbonyl (C=O) groups excluding carboxylic acids is 1. The van der Waals surface area contributed by atoms with E-state index in [-0.39, 0.29) is 23.1 Å². The van der Waals surface area contributed by atoms with Gasteiger partial charge >= 0.3 is 0 Å². The lowest BCUT2D eigenvalue weighted by molar-refractivity contribution is 0.0941. The van der Waals surface area contributed by atoms with Gasteiger partial charge in [0, 0.05) is 11.8 Å². The Balaban J connectivity index is 1.98. The molecule has 0 aromatic carbocycles. The van der Waals surface area contributed by atoms with Crippen molar-refractivity contribution >= 4 is 23.1 Å². The summed E-state index contributed by atoms with van der Waals surface area (Å²) in [5, 5.41) is 6.23. The Kier molecular flexibility index (Phi) is 3.81. The number of rotatable bonds is 4. The summed E-state index contributed by atoms with van der Waals surface area (Å²) in [7, 11) is 0. The van der Waals surface area contributed by atoms with E-state index in [1.165, 1.54) is 6.20 Å². The van der Waals surface area contributed by atoms with Crippen LogP contribution < -0.4 is 11.1 Å². The van der Waals surface area contributed by atoms with Crippen LogP contribution in [0.3, 0.4) is 0 Å². The monoisotopic (exact) mass is 277 g/mol. The minimum Gasteiger partial charge on any atom is -0.389 e. The molecule has 1 amide bonds. The molecule has 0 saturated heterocycles. The van der Waals surface area contributed by atoms with Gasteiger partial charge in [-0.3, -0.25) is 9.78 Å². The van der Waals surface area contributed by atoms with E-state index in [1.807, 2.05) is 0 Å². The molecule has 2 heterocycles. The van der Waals surface area contributed by atoms with E-state index in [1.54, 1.807) is 19.1 Å². The lowest BCUT2D eigenvalue weighted by Crippen LogP contribution is -2.24. The van der Waals surface area contributed by atoms with Crippen molar-refractivity contribution in [3.8, 4) is 0 Å². The molecule has 8 heteroatoms. The van der Waals surface area contributed by atoms with Gasteiger partial charge in [0.05, 0.1) is 6.54 Å². The second kappa shape index (κ2) is 5.53. The van der Waals surface area contributed by atoms with Crippen molar-refractivity contribution in [2.24, 2.45) is 5.73 Å². The summed E-state index contributed by atoms with van der Waals surface area (Å²) in [6.07, 6.45) is 1.45. The normalized spacial score (nSPS) is 10.2. The van der Waals surface area contributed by atoms with Gasteiger partial charge in [0.25, 0.3) is 5.91 Å². The number of carbonyl (C=O) groups is 1. The first kappa shape index (κ1) is 13.1. The molecule has 0 atom stereocenters. The number of thiocarbonyl (C=S) groups is 1. The van der Waals surface area contributed by atoms with Gasteiger partial charge in [-0.2, -0.15) is 4.98 Å². The van der Waals surface area contributed by atoms with E-state index in [0.717, 1.165) is 0 Å². The minimum absolute atomic E-state index is 0.151. The SMILES string of the molecule is Cc1noc(CNC(=O)c2ccc(C(N)=S)cn2)n1. The molecular weight excluding hydrogens is 266 g/mol. The highest BCUT2D eigenvalue weighted by molar-refractivity contribution is 7.80. The lowest BCUT2D eigenvalue weighted by Gasteiger charge is -2.02. The fourth-order valence-corrected chi connectivity index (χ4v) is 1.45. The summed E-state index contributed by atoms with van der Waals surface area (Å²) in [6, 6.07) is 3.18. The molecule has 2 aromatic heterocycles. The molecule has 0 spiro atoms. The smallest absolute Gasteiger partial charge is 0.270 e. The first-order chi connectivity index (χ1) is 9.06. The number of nitrogens with two attached hydrogens (primary N) is 1. The van der Waals surface area contributed by atoms with Crippen LogP contribution in [0, 0.1) is 6.92 Å². The number of nitrogens with zero attached hydrogens (tertiary/aromatic N) is 3. The van der Waals surface area contributed by atoms with Gasteiger partial charge in [-0.1, -0.05) is 17.4 Å². The molecule has 0 saturated carbocycles. The van der Waals surface area contributed by atoms with Crippen molar-refractivity contribution in [3.63, 3.8) is 0 Å². The summed E-state index contributed by atoms with van der Waals surface area (Å²) in [5.41, 5.74) is 6.31. The van der Waals surface area contributed by atoms with Crippen LogP contribution in [0.2, 0.25) is 0 Å². The minimum atomic E-state index is -0.342. The number of aryl methyl sites for hydroxylation is 1. The predicted octanol–water partition coefficient (Wildman–Crippen LogP) is 0.337. The van der Waals surface area contributed by atoms with Crippen molar-refractivity contribution in [1.82, 2.24) is 20.4 Å². The maximum Gasteiger partial charge on any atom is 0.270 e. The molecule has 0 aliphatic rings. The van der Waals surface area contributed by atoms with Crippen molar-refractivity contribution in [3.05, 3.63) is 41.3 Å². The van der Waals surface area contributed by atoms with Crippen LogP contribution in [0.15, 0.2) is 22.9 Å². The van der Waals surface area contributed by atoms with Gasteiger partial charge in [0.2, 0.25) is 5.89 Å². The Bertz CT molecular complexity index is 608. The maximum absolute atomic E-state index is 11.8. The highest BCUT2D eigenvalue weighted by atomic mass is 32.1. The lowest BCUT2D eigenvalue weighted by atomic mass is 10.2. The van der Waals surface area contributed by atoms with E-state index < -0.39 is 0 Å². The average molecular weight is 277 g/mol. The van der Waals surface area contributed by atoms with E-state index in [2.05, 4.69) is 20.4 Å². The first-order valence-electron chi connectivity index (χ1n) is 5.39. The Labute approximate surface area is 114 Å². The molecule has 2 rings (SSSR count). The van der Waals surface area contributed by atoms with Crippen LogP contribution >= 0.6 is 12.2 Å². The molecule has 0 bridgehead atoms. The largest absolute Gasteiger partial charge is 0.389 e. The third-order valence-electron chi connectivity index (χ3n) is 2.25. The number of aromatic nitrogens is 3. The number of pyridine rings is 1. The van der Waals surface area contributed by atoms with Crippen molar-refractivity contribution < 1.29 is 9.32 Å². The zero-order valence-electron chi connectivity index (χ0n) is 10.1. The summed E-state index contributed by atoms with van der Waals surface area (Å²) in [6.45, 7) is 1.85. The predicted molar refractivity (Wildman–Crippen MR) is 70.3 cm³/mol. The summed E-state index contributed by atoms with van der Waals surface area (Å²) < 4.78 is 4.87. The van der Waals surface area contributed by atoms with Gasteiger partial charge in [-0.05, 0) is 19.1 Å². The molecule has 0 radical (unpaired) electrons. The fourth-order valence-electron chi connectivity index (χ4n) is 1.33. The third-order valence-corrected chi connectivity index (χ3v) is 2.49. The first-order valence-corrected chi connectivity index (χ1v) is 5.80. The van der Waals surface area contributed by atoms with Crippen molar-refractivity contribution in [2.75, 3.05) is 0 Å². The van der Waals surface area contributed by atoms with Gasteiger partial charge in [-0.15, -0.1) is 0 Å². The summed E-state index contributed by atoms with van der Waals surface area (Å²) in [5.74, 6) is 0.513. The zero-order chi connectivity index (χ0) is 13.8. The van der Waals surface area contributed by atoms with Crippen LogP contribution in [0.1, 0.15) is 27.8 Å². The molecule has 0 aliphatic carbocycles. The van der Waals surface area contributed by atoms with E-state index in [4.69, 9.17) is 22.5 Å². The molecular formula is C11H11N5O2S. The Morgan fingerprint density at radius 3 is 2.84 bits per heavy atom. The molecule has 98 valence electrons. The standard InChI is InChI=1S/C11H11N5O2S/c1-6-15-9(18-16-6)5-14-11(17)8-3-2-7(4-13-8)10(12)19/h2-4H,5H2,1H3,(H2,12,19)(H,14,17). The van der Waals surface area contributed by atoms with Crippen LogP contribution in [0.5, 0.6) is 0 Å². The molecule has 2 aromatic rings. The number of hydrogen-bond donors (Lipinski definition) is 2. The molecule has 19 heavy (non-hydrogen) atoms. The van der Waals surface area contributed by atoms with E-state index in [9.17, 15) is 4.79 Å². The van der Waals surface area contributed by atoms with E-state index >= 15 is 0 Å². The molecule has 3 N–H and O–H groups in total. The Morgan fingerprint density at radius 2 is 2.32 bits per heavy atom. The third kappa shape index (κ3) is 3.32. The Hall–Kier alpha value is -2.35. The highest BCUT2D eigenvalue weighted by Crippen LogP contribution is 2.01. The number of amides is 1. The maximum atomic E-state index is 11.8. The fraction of sp³-hybridized carbons (Fsp3) is 0.182. The summed E-state index contributed by atoms with van der Waals surface area (Å²) in [4.78, 5) is 20.0. The molecule has 7 nitrogen and oxygen atoms in total. The summed E-state index contributed by atoms with van der Waals surface area (Å²) >= 11 is 4.80. The van der Waals surface area contributed by atoms with E-state index in [0.29, 0.717) is 17.3 Å². The van der Waals surface area contributed by atoms with Gasteiger partial charge in [0.1, 0.15) is 10.7 Å². The molecule has 0 aliphatic heterocycles. The van der Waals surface area contributed by atoms with Crippen molar-refractivity contribution in [1.29, 1.82) is 0 Å². The molecule has 0 fully saturated rings.